The van der Waals surface area contributed by atoms with Crippen LogP contribution in [-0.4, -0.2) is 45.0 Å². The number of fused-ring (bicyclic) bond motifs is 3. The van der Waals surface area contributed by atoms with Gasteiger partial charge in [-0.05, 0) is 56.7 Å². The van der Waals surface area contributed by atoms with Crippen LogP contribution in [0, 0.1) is 6.92 Å². The maximum absolute atomic E-state index is 13.4. The van der Waals surface area contributed by atoms with E-state index in [4.69, 9.17) is 9.68 Å². The van der Waals surface area contributed by atoms with Crippen LogP contribution >= 0.6 is 0 Å². The topological polar surface area (TPSA) is 107 Å². The fourth-order valence-electron chi connectivity index (χ4n) is 5.04. The number of hydrogen-bond donors (Lipinski definition) is 0. The summed E-state index contributed by atoms with van der Waals surface area (Å²) in [5.41, 5.74) is 5.12. The van der Waals surface area contributed by atoms with Crippen LogP contribution in [0.1, 0.15) is 68.1 Å². The Hall–Kier alpha value is -4.79. The molecular formula is C32H33N3O6. The molecule has 0 spiro atoms. The molecule has 0 aliphatic heterocycles. The normalized spacial score (nSPS) is 12.3. The van der Waals surface area contributed by atoms with Gasteiger partial charge in [-0.25, -0.2) is 4.79 Å². The molecule has 1 aromatic heterocycles. The van der Waals surface area contributed by atoms with Crippen LogP contribution in [0.4, 0.5) is 0 Å². The zero-order valence-corrected chi connectivity index (χ0v) is 24.1. The summed E-state index contributed by atoms with van der Waals surface area (Å²) in [5.74, 6) is -1.73. The summed E-state index contributed by atoms with van der Waals surface area (Å²) in [6.07, 6.45) is 0.134. The highest BCUT2D eigenvalue weighted by molar-refractivity contribution is 6.16. The molecule has 41 heavy (non-hydrogen) atoms. The minimum absolute atomic E-state index is 0.0562. The molecular weight excluding hydrogens is 522 g/mol. The summed E-state index contributed by atoms with van der Waals surface area (Å²) < 4.78 is 2.17. The van der Waals surface area contributed by atoms with Gasteiger partial charge in [0.2, 0.25) is 0 Å². The molecule has 4 rings (SSSR count). The molecule has 0 radical (unpaired) electrons. The SMILES string of the molecule is CCn1c2ccc(C(=O)c3ccccc3C)cc2c2cc(/C(CC(C)N(OC(C)=O)C(C)=O)=N\OC(C)=O)ccc21. The molecule has 9 heteroatoms. The number of benzene rings is 3. The Labute approximate surface area is 238 Å². The second-order valence-corrected chi connectivity index (χ2v) is 9.95. The van der Waals surface area contributed by atoms with E-state index in [2.05, 4.69) is 16.6 Å². The number of aromatic nitrogens is 1. The molecule has 4 aromatic rings. The fraction of sp³-hybridized carbons (Fsp3) is 0.281. The number of rotatable bonds is 8. The summed E-state index contributed by atoms with van der Waals surface area (Å²) in [6.45, 7) is 10.1. The van der Waals surface area contributed by atoms with Gasteiger partial charge in [0.05, 0.1) is 11.8 Å². The molecule has 1 unspecified atom stereocenters. The summed E-state index contributed by atoms with van der Waals surface area (Å²) >= 11 is 0. The van der Waals surface area contributed by atoms with Crippen LogP contribution in [0.25, 0.3) is 21.8 Å². The van der Waals surface area contributed by atoms with Crippen molar-refractivity contribution in [3.63, 3.8) is 0 Å². The second-order valence-electron chi connectivity index (χ2n) is 9.95. The monoisotopic (exact) mass is 555 g/mol. The molecule has 0 aliphatic carbocycles. The van der Waals surface area contributed by atoms with Gasteiger partial charge in [-0.2, -0.15) is 5.06 Å². The third kappa shape index (κ3) is 6.19. The standard InChI is InChI=1S/C32H33N3O6/c1-7-34-30-14-12-24(29(33-40-22(5)37)16-20(3)35(21(4)36)41-23(6)38)17-27(30)28-18-25(13-15-31(28)34)32(39)26-11-9-8-10-19(26)2/h8-15,17-18,20H,7,16H2,1-6H3/b33-29-. The molecule has 1 amide bonds. The number of carbonyl (C=O) groups is 4. The van der Waals surface area contributed by atoms with Gasteiger partial charge in [0.25, 0.3) is 5.91 Å². The zero-order valence-electron chi connectivity index (χ0n) is 24.1. The van der Waals surface area contributed by atoms with Gasteiger partial charge in [0.1, 0.15) is 0 Å². The van der Waals surface area contributed by atoms with Crippen LogP contribution in [0.15, 0.2) is 65.8 Å². The lowest BCUT2D eigenvalue weighted by atomic mass is 9.97. The zero-order chi connectivity index (χ0) is 29.8. The molecule has 9 nitrogen and oxygen atoms in total. The lowest BCUT2D eigenvalue weighted by Crippen LogP contribution is -2.39. The predicted molar refractivity (Wildman–Crippen MR) is 156 cm³/mol. The second kappa shape index (κ2) is 12.2. The van der Waals surface area contributed by atoms with Crippen LogP contribution in [0.2, 0.25) is 0 Å². The number of ketones is 1. The summed E-state index contributed by atoms with van der Waals surface area (Å²) in [5, 5.41) is 6.86. The first-order valence-corrected chi connectivity index (χ1v) is 13.4. The fourth-order valence-corrected chi connectivity index (χ4v) is 5.04. The van der Waals surface area contributed by atoms with Crippen molar-refractivity contribution >= 4 is 51.1 Å². The van der Waals surface area contributed by atoms with E-state index in [1.54, 1.807) is 6.92 Å². The summed E-state index contributed by atoms with van der Waals surface area (Å²) in [6, 6.07) is 18.4. The minimum Gasteiger partial charge on any atom is -0.341 e. The largest absolute Gasteiger partial charge is 0.341 e. The van der Waals surface area contributed by atoms with Crippen molar-refractivity contribution in [3.8, 4) is 0 Å². The van der Waals surface area contributed by atoms with E-state index in [0.29, 0.717) is 28.9 Å². The van der Waals surface area contributed by atoms with Crippen LogP contribution in [-0.2, 0) is 30.6 Å². The molecule has 1 atom stereocenters. The molecule has 0 saturated carbocycles. The van der Waals surface area contributed by atoms with Gasteiger partial charge in [0.15, 0.2) is 5.78 Å². The van der Waals surface area contributed by atoms with E-state index in [9.17, 15) is 19.2 Å². The maximum atomic E-state index is 13.4. The Morgan fingerprint density at radius 2 is 1.49 bits per heavy atom. The Balaban J connectivity index is 1.83. The van der Waals surface area contributed by atoms with Crippen molar-refractivity contribution in [2.75, 3.05) is 0 Å². The Morgan fingerprint density at radius 3 is 2.05 bits per heavy atom. The van der Waals surface area contributed by atoms with Crippen molar-refractivity contribution in [2.45, 2.75) is 60.5 Å². The molecule has 0 saturated heterocycles. The first kappa shape index (κ1) is 29.2. The van der Waals surface area contributed by atoms with Crippen LogP contribution in [0.5, 0.6) is 0 Å². The highest BCUT2D eigenvalue weighted by Gasteiger charge is 2.24. The lowest BCUT2D eigenvalue weighted by Gasteiger charge is -2.26. The summed E-state index contributed by atoms with van der Waals surface area (Å²) in [4.78, 5) is 58.9. The Morgan fingerprint density at radius 1 is 0.878 bits per heavy atom. The summed E-state index contributed by atoms with van der Waals surface area (Å²) in [7, 11) is 0. The van der Waals surface area contributed by atoms with E-state index in [1.807, 2.05) is 67.6 Å². The van der Waals surface area contributed by atoms with Crippen LogP contribution in [0.3, 0.4) is 0 Å². The first-order chi connectivity index (χ1) is 19.5. The highest BCUT2D eigenvalue weighted by atomic mass is 16.7. The third-order valence-electron chi connectivity index (χ3n) is 6.88. The van der Waals surface area contributed by atoms with Crippen molar-refractivity contribution < 1.29 is 28.9 Å². The molecule has 0 N–H and O–H groups in total. The van der Waals surface area contributed by atoms with E-state index in [0.717, 1.165) is 32.4 Å². The first-order valence-electron chi connectivity index (χ1n) is 13.4. The van der Waals surface area contributed by atoms with Gasteiger partial charge in [-0.3, -0.25) is 14.4 Å². The molecule has 0 aliphatic rings. The average Bonchev–Trinajstić information content (AvgIpc) is 3.25. The van der Waals surface area contributed by atoms with E-state index < -0.39 is 23.9 Å². The smallest absolute Gasteiger partial charge is 0.331 e. The average molecular weight is 556 g/mol. The molecule has 3 aromatic carbocycles. The predicted octanol–water partition coefficient (Wildman–Crippen LogP) is 5.73. The van der Waals surface area contributed by atoms with Crippen molar-refractivity contribution in [1.29, 1.82) is 0 Å². The van der Waals surface area contributed by atoms with Crippen molar-refractivity contribution in [1.82, 2.24) is 9.63 Å². The van der Waals surface area contributed by atoms with Crippen LogP contribution < -0.4 is 0 Å². The van der Waals surface area contributed by atoms with E-state index >= 15 is 0 Å². The van der Waals surface area contributed by atoms with Crippen molar-refractivity contribution in [2.24, 2.45) is 5.16 Å². The quantitative estimate of drug-likeness (QED) is 0.119. The number of amides is 1. The maximum Gasteiger partial charge on any atom is 0.331 e. The number of hydroxylamine groups is 2. The number of hydrogen-bond acceptors (Lipinski definition) is 7. The van der Waals surface area contributed by atoms with Gasteiger partial charge in [0, 0.05) is 72.2 Å². The van der Waals surface area contributed by atoms with E-state index in [1.165, 1.54) is 20.8 Å². The van der Waals surface area contributed by atoms with Gasteiger partial charge in [-0.15, -0.1) is 0 Å². The van der Waals surface area contributed by atoms with Gasteiger partial charge in [-0.1, -0.05) is 35.5 Å². The minimum atomic E-state index is -0.629. The molecule has 1 heterocycles. The Bertz CT molecular complexity index is 1700. The molecule has 0 fully saturated rings. The van der Waals surface area contributed by atoms with Gasteiger partial charge < -0.3 is 14.2 Å². The number of aryl methyl sites for hydroxylation is 2. The van der Waals surface area contributed by atoms with Gasteiger partial charge >= 0.3 is 11.9 Å². The number of oxime groups is 1. The molecule has 212 valence electrons. The lowest BCUT2D eigenvalue weighted by molar-refractivity contribution is -0.202. The number of carbonyl (C=O) groups excluding carboxylic acids is 4. The number of nitrogens with zero attached hydrogens (tertiary/aromatic N) is 3. The highest BCUT2D eigenvalue weighted by Crippen LogP contribution is 2.32. The van der Waals surface area contributed by atoms with Crippen molar-refractivity contribution in [3.05, 3.63) is 82.9 Å². The Kier molecular flexibility index (Phi) is 8.66. The molecule has 0 bridgehead atoms. The third-order valence-corrected chi connectivity index (χ3v) is 6.88. The van der Waals surface area contributed by atoms with E-state index in [-0.39, 0.29) is 12.2 Å².